The lowest BCUT2D eigenvalue weighted by atomic mass is 10.2. The summed E-state index contributed by atoms with van der Waals surface area (Å²) in [5.41, 5.74) is 1.80. The van der Waals surface area contributed by atoms with E-state index in [4.69, 9.17) is 4.42 Å². The third-order valence-corrected chi connectivity index (χ3v) is 4.49. The van der Waals surface area contributed by atoms with Crippen molar-refractivity contribution in [1.82, 2.24) is 10.3 Å². The molecule has 2 aromatic heterocycles. The van der Waals surface area contributed by atoms with Gasteiger partial charge in [-0.15, -0.1) is 11.3 Å². The number of nitrogens with one attached hydrogen (secondary N) is 2. The van der Waals surface area contributed by atoms with Gasteiger partial charge in [0.1, 0.15) is 5.58 Å². The van der Waals surface area contributed by atoms with Crippen molar-refractivity contribution in [1.29, 1.82) is 0 Å². The number of benzene rings is 1. The molecule has 0 saturated carbocycles. The van der Waals surface area contributed by atoms with Crippen LogP contribution in [-0.2, 0) is 13.0 Å². The quantitative estimate of drug-likeness (QED) is 0.763. The van der Waals surface area contributed by atoms with Gasteiger partial charge in [0, 0.05) is 29.8 Å². The first-order valence-corrected chi connectivity index (χ1v) is 7.60. The molecular weight excluding hydrogens is 286 g/mol. The topological polar surface area (TPSA) is 67.2 Å². The van der Waals surface area contributed by atoms with E-state index in [1.807, 2.05) is 24.3 Å². The van der Waals surface area contributed by atoms with Gasteiger partial charge in [0.25, 0.3) is 5.91 Å². The standard InChI is InChI=1S/C15H13N3O2S/c19-14(12-7-9-3-1-2-4-11(9)20-12)18-15-17-10-5-6-16-8-13(10)21-15/h1-4,7,16H,5-6,8H2,(H,17,18,19). The number of nitrogens with zero attached hydrogens (tertiary/aromatic N) is 1. The van der Waals surface area contributed by atoms with Gasteiger partial charge in [-0.2, -0.15) is 0 Å². The maximum atomic E-state index is 12.2. The number of aromatic nitrogens is 1. The lowest BCUT2D eigenvalue weighted by Gasteiger charge is -2.09. The summed E-state index contributed by atoms with van der Waals surface area (Å²) in [5, 5.41) is 7.67. The van der Waals surface area contributed by atoms with Crippen LogP contribution in [-0.4, -0.2) is 17.4 Å². The number of para-hydroxylation sites is 1. The molecule has 1 aromatic carbocycles. The smallest absolute Gasteiger partial charge is 0.293 e. The fourth-order valence-corrected chi connectivity index (χ4v) is 3.40. The Morgan fingerprint density at radius 2 is 2.29 bits per heavy atom. The van der Waals surface area contributed by atoms with E-state index in [0.717, 1.165) is 30.6 Å². The average molecular weight is 299 g/mol. The number of furan rings is 1. The average Bonchev–Trinajstić information content (AvgIpc) is 3.10. The molecule has 3 heterocycles. The van der Waals surface area contributed by atoms with E-state index in [1.54, 1.807) is 6.07 Å². The fraction of sp³-hybridized carbons (Fsp3) is 0.200. The highest BCUT2D eigenvalue weighted by atomic mass is 32.1. The zero-order valence-corrected chi connectivity index (χ0v) is 12.0. The Labute approximate surface area is 125 Å². The van der Waals surface area contributed by atoms with E-state index in [0.29, 0.717) is 16.5 Å². The molecule has 0 atom stereocenters. The first-order chi connectivity index (χ1) is 10.3. The number of hydrogen-bond donors (Lipinski definition) is 2. The minimum absolute atomic E-state index is 0.259. The number of anilines is 1. The zero-order valence-electron chi connectivity index (χ0n) is 11.2. The van der Waals surface area contributed by atoms with E-state index in [1.165, 1.54) is 16.2 Å². The Bertz CT molecular complexity index is 765. The van der Waals surface area contributed by atoms with Crippen molar-refractivity contribution in [2.45, 2.75) is 13.0 Å². The van der Waals surface area contributed by atoms with Crippen molar-refractivity contribution >= 4 is 33.3 Å². The molecule has 1 amide bonds. The summed E-state index contributed by atoms with van der Waals surface area (Å²) in [4.78, 5) is 17.9. The van der Waals surface area contributed by atoms with Crippen molar-refractivity contribution in [2.75, 3.05) is 11.9 Å². The van der Waals surface area contributed by atoms with Crippen molar-refractivity contribution in [2.24, 2.45) is 0 Å². The molecule has 6 heteroatoms. The van der Waals surface area contributed by atoms with Gasteiger partial charge < -0.3 is 9.73 Å². The van der Waals surface area contributed by atoms with Crippen LogP contribution < -0.4 is 10.6 Å². The minimum Gasteiger partial charge on any atom is -0.451 e. The molecule has 4 rings (SSSR count). The Morgan fingerprint density at radius 3 is 3.14 bits per heavy atom. The minimum atomic E-state index is -0.259. The fourth-order valence-electron chi connectivity index (χ4n) is 2.43. The Hall–Kier alpha value is -2.18. The van der Waals surface area contributed by atoms with Crippen molar-refractivity contribution in [3.8, 4) is 0 Å². The second kappa shape index (κ2) is 4.98. The van der Waals surface area contributed by atoms with Crippen LogP contribution in [0.2, 0.25) is 0 Å². The molecule has 2 N–H and O–H groups in total. The van der Waals surface area contributed by atoms with Gasteiger partial charge in [0.05, 0.1) is 5.69 Å². The number of carbonyl (C=O) groups excluding carboxylic acids is 1. The SMILES string of the molecule is O=C(Nc1nc2c(s1)CNCC2)c1cc2ccccc2o1. The van der Waals surface area contributed by atoms with Gasteiger partial charge in [-0.25, -0.2) is 4.98 Å². The summed E-state index contributed by atoms with van der Waals surface area (Å²) >= 11 is 1.52. The highest BCUT2D eigenvalue weighted by molar-refractivity contribution is 7.15. The predicted molar refractivity (Wildman–Crippen MR) is 81.7 cm³/mol. The van der Waals surface area contributed by atoms with Crippen molar-refractivity contribution in [3.05, 3.63) is 46.7 Å². The molecular formula is C15H13N3O2S. The van der Waals surface area contributed by atoms with E-state index < -0.39 is 0 Å². The Balaban J connectivity index is 1.58. The number of carbonyl (C=O) groups is 1. The lowest BCUT2D eigenvalue weighted by molar-refractivity contribution is 0.0998. The van der Waals surface area contributed by atoms with Crippen LogP contribution in [0.3, 0.4) is 0 Å². The summed E-state index contributed by atoms with van der Waals surface area (Å²) in [6.45, 7) is 1.77. The molecule has 21 heavy (non-hydrogen) atoms. The van der Waals surface area contributed by atoms with E-state index in [9.17, 15) is 4.79 Å². The third-order valence-electron chi connectivity index (χ3n) is 3.47. The van der Waals surface area contributed by atoms with Gasteiger partial charge in [0.2, 0.25) is 0 Å². The summed E-state index contributed by atoms with van der Waals surface area (Å²) in [7, 11) is 0. The van der Waals surface area contributed by atoms with Gasteiger partial charge >= 0.3 is 0 Å². The largest absolute Gasteiger partial charge is 0.451 e. The summed E-state index contributed by atoms with van der Waals surface area (Å²) in [6, 6.07) is 9.32. The second-order valence-corrected chi connectivity index (χ2v) is 6.00. The molecule has 0 aliphatic carbocycles. The van der Waals surface area contributed by atoms with Crippen LogP contribution in [0.15, 0.2) is 34.7 Å². The molecule has 0 fully saturated rings. The monoisotopic (exact) mass is 299 g/mol. The number of thiazole rings is 1. The van der Waals surface area contributed by atoms with Gasteiger partial charge in [-0.1, -0.05) is 18.2 Å². The lowest BCUT2D eigenvalue weighted by Crippen LogP contribution is -2.22. The van der Waals surface area contributed by atoms with Gasteiger partial charge in [-0.05, 0) is 12.1 Å². The number of fused-ring (bicyclic) bond motifs is 2. The van der Waals surface area contributed by atoms with Gasteiger partial charge in [-0.3, -0.25) is 10.1 Å². The first-order valence-electron chi connectivity index (χ1n) is 6.79. The maximum Gasteiger partial charge on any atom is 0.293 e. The highest BCUT2D eigenvalue weighted by Crippen LogP contribution is 2.26. The number of rotatable bonds is 2. The van der Waals surface area contributed by atoms with E-state index in [2.05, 4.69) is 15.6 Å². The summed E-state index contributed by atoms with van der Waals surface area (Å²) in [5.74, 6) is 0.0488. The molecule has 3 aromatic rings. The molecule has 0 spiro atoms. The summed E-state index contributed by atoms with van der Waals surface area (Å²) < 4.78 is 5.56. The van der Waals surface area contributed by atoms with Crippen LogP contribution in [0, 0.1) is 0 Å². The van der Waals surface area contributed by atoms with Crippen molar-refractivity contribution < 1.29 is 9.21 Å². The Kier molecular flexibility index (Phi) is 2.98. The van der Waals surface area contributed by atoms with Crippen LogP contribution in [0.25, 0.3) is 11.0 Å². The molecule has 0 radical (unpaired) electrons. The predicted octanol–water partition coefficient (Wildman–Crippen LogP) is 2.79. The third kappa shape index (κ3) is 2.32. The zero-order chi connectivity index (χ0) is 14.2. The highest BCUT2D eigenvalue weighted by Gasteiger charge is 2.18. The van der Waals surface area contributed by atoms with Crippen molar-refractivity contribution in [3.63, 3.8) is 0 Å². The van der Waals surface area contributed by atoms with Crippen LogP contribution >= 0.6 is 11.3 Å². The van der Waals surface area contributed by atoms with Crippen LogP contribution in [0.1, 0.15) is 21.1 Å². The number of hydrogen-bond acceptors (Lipinski definition) is 5. The molecule has 5 nitrogen and oxygen atoms in total. The van der Waals surface area contributed by atoms with E-state index in [-0.39, 0.29) is 5.91 Å². The van der Waals surface area contributed by atoms with Crippen LogP contribution in [0.4, 0.5) is 5.13 Å². The first kappa shape index (κ1) is 12.6. The molecule has 1 aliphatic rings. The molecule has 1 aliphatic heterocycles. The maximum absolute atomic E-state index is 12.2. The van der Waals surface area contributed by atoms with Gasteiger partial charge in [0.15, 0.2) is 10.9 Å². The summed E-state index contributed by atoms with van der Waals surface area (Å²) in [6.07, 6.45) is 0.909. The molecule has 0 saturated heterocycles. The molecule has 0 unspecified atom stereocenters. The second-order valence-electron chi connectivity index (χ2n) is 4.92. The normalized spacial score (nSPS) is 14.1. The van der Waals surface area contributed by atoms with E-state index >= 15 is 0 Å². The molecule has 0 bridgehead atoms. The van der Waals surface area contributed by atoms with Crippen LogP contribution in [0.5, 0.6) is 0 Å². The Morgan fingerprint density at radius 1 is 1.38 bits per heavy atom. The molecule has 106 valence electrons. The number of amides is 1.